The fourth-order valence-corrected chi connectivity index (χ4v) is 1.92. The third-order valence-corrected chi connectivity index (χ3v) is 2.72. The minimum Gasteiger partial charge on any atom is -0.481 e. The monoisotopic (exact) mass is 230 g/mol. The van der Waals surface area contributed by atoms with Crippen molar-refractivity contribution in [3.63, 3.8) is 0 Å². The van der Waals surface area contributed by atoms with Crippen LogP contribution in [0.4, 0.5) is 0 Å². The Kier molecular flexibility index (Phi) is 3.60. The maximum atomic E-state index is 10.9. The molecular formula is C14H14O3. The van der Waals surface area contributed by atoms with Crippen LogP contribution in [0.15, 0.2) is 53.1 Å². The maximum absolute atomic E-state index is 10.9. The van der Waals surface area contributed by atoms with Gasteiger partial charge in [0.1, 0.15) is 5.76 Å². The molecule has 3 nitrogen and oxygen atoms in total. The second-order valence-corrected chi connectivity index (χ2v) is 3.99. The van der Waals surface area contributed by atoms with Gasteiger partial charge in [-0.1, -0.05) is 30.3 Å². The predicted molar refractivity (Wildman–Crippen MR) is 63.8 cm³/mol. The number of carbonyl (C=O) groups is 1. The normalized spacial score (nSPS) is 12.2. The van der Waals surface area contributed by atoms with Crippen molar-refractivity contribution < 1.29 is 14.3 Å². The molecule has 2 rings (SSSR count). The quantitative estimate of drug-likeness (QED) is 0.858. The molecule has 0 aliphatic heterocycles. The summed E-state index contributed by atoms with van der Waals surface area (Å²) in [5, 5.41) is 8.94. The number of carboxylic acids is 1. The third-order valence-electron chi connectivity index (χ3n) is 2.72. The van der Waals surface area contributed by atoms with Crippen LogP contribution in [0.1, 0.15) is 23.7 Å². The lowest BCUT2D eigenvalue weighted by Crippen LogP contribution is -2.08. The van der Waals surface area contributed by atoms with Gasteiger partial charge in [-0.15, -0.1) is 0 Å². The molecule has 1 atom stereocenters. The largest absolute Gasteiger partial charge is 0.481 e. The van der Waals surface area contributed by atoms with Gasteiger partial charge in [0, 0.05) is 12.3 Å². The summed E-state index contributed by atoms with van der Waals surface area (Å²) in [6.45, 7) is 0. The molecule has 2 aromatic rings. The van der Waals surface area contributed by atoms with Crippen molar-refractivity contribution in [3.05, 3.63) is 60.1 Å². The summed E-state index contributed by atoms with van der Waals surface area (Å²) in [5.74, 6) is -0.00892. The summed E-state index contributed by atoms with van der Waals surface area (Å²) in [5.41, 5.74) is 1.03. The molecule has 0 saturated carbocycles. The fraction of sp³-hybridized carbons (Fsp3) is 0.214. The van der Waals surface area contributed by atoms with E-state index in [0.29, 0.717) is 6.42 Å². The highest BCUT2D eigenvalue weighted by Gasteiger charge is 2.17. The molecule has 1 heterocycles. The van der Waals surface area contributed by atoms with E-state index in [9.17, 15) is 4.79 Å². The first kappa shape index (κ1) is 11.5. The third kappa shape index (κ3) is 3.21. The first-order valence-corrected chi connectivity index (χ1v) is 5.55. The summed E-state index contributed by atoms with van der Waals surface area (Å²) in [6.07, 6.45) is 2.34. The van der Waals surface area contributed by atoms with Gasteiger partial charge in [0.25, 0.3) is 0 Å². The lowest BCUT2D eigenvalue weighted by Gasteiger charge is -2.13. The van der Waals surface area contributed by atoms with Gasteiger partial charge in [0.15, 0.2) is 0 Å². The molecule has 1 unspecified atom stereocenters. The van der Waals surface area contributed by atoms with E-state index in [1.54, 1.807) is 6.26 Å². The minimum atomic E-state index is -0.787. The summed E-state index contributed by atoms with van der Waals surface area (Å²) < 4.78 is 5.27. The number of carboxylic acid groups (broad SMARTS) is 1. The standard InChI is InChI=1S/C14H14O3/c15-14(16)10-12(9-13-7-4-8-17-13)11-5-2-1-3-6-11/h1-8,12H,9-10H2,(H,15,16). The molecule has 0 bridgehead atoms. The SMILES string of the molecule is O=C(O)CC(Cc1ccco1)c1ccccc1. The predicted octanol–water partition coefficient (Wildman–Crippen LogP) is 3.08. The van der Waals surface area contributed by atoms with Crippen molar-refractivity contribution in [1.82, 2.24) is 0 Å². The Hall–Kier alpha value is -2.03. The number of aliphatic carboxylic acids is 1. The molecule has 17 heavy (non-hydrogen) atoms. The van der Waals surface area contributed by atoms with Crippen LogP contribution in [0.5, 0.6) is 0 Å². The Morgan fingerprint density at radius 2 is 1.94 bits per heavy atom. The Labute approximate surface area is 99.7 Å². The maximum Gasteiger partial charge on any atom is 0.303 e. The molecule has 0 amide bonds. The summed E-state index contributed by atoms with van der Waals surface area (Å²) >= 11 is 0. The van der Waals surface area contributed by atoms with E-state index in [0.717, 1.165) is 11.3 Å². The van der Waals surface area contributed by atoms with Crippen molar-refractivity contribution in [3.8, 4) is 0 Å². The van der Waals surface area contributed by atoms with Gasteiger partial charge in [-0.3, -0.25) is 4.79 Å². The van der Waals surface area contributed by atoms with E-state index < -0.39 is 5.97 Å². The van der Waals surface area contributed by atoms with Gasteiger partial charge in [-0.25, -0.2) is 0 Å². The molecule has 88 valence electrons. The highest BCUT2D eigenvalue weighted by Crippen LogP contribution is 2.24. The zero-order valence-electron chi connectivity index (χ0n) is 9.37. The van der Waals surface area contributed by atoms with Crippen LogP contribution in [0, 0.1) is 0 Å². The van der Waals surface area contributed by atoms with Gasteiger partial charge >= 0.3 is 5.97 Å². The minimum absolute atomic E-state index is 0.0418. The van der Waals surface area contributed by atoms with Crippen molar-refractivity contribution in [2.24, 2.45) is 0 Å². The van der Waals surface area contributed by atoms with Gasteiger partial charge in [0.05, 0.1) is 12.7 Å². The molecule has 0 fully saturated rings. The number of furan rings is 1. The Morgan fingerprint density at radius 3 is 2.53 bits per heavy atom. The van der Waals surface area contributed by atoms with E-state index in [4.69, 9.17) is 9.52 Å². The van der Waals surface area contributed by atoms with Crippen molar-refractivity contribution >= 4 is 5.97 Å². The summed E-state index contributed by atoms with van der Waals surface area (Å²) in [6, 6.07) is 13.4. The first-order valence-electron chi connectivity index (χ1n) is 5.55. The fourth-order valence-electron chi connectivity index (χ4n) is 1.92. The average Bonchev–Trinajstić information content (AvgIpc) is 2.82. The first-order chi connectivity index (χ1) is 8.25. The molecule has 1 aromatic carbocycles. The Bertz CT molecular complexity index is 459. The zero-order chi connectivity index (χ0) is 12.1. The number of hydrogen-bond acceptors (Lipinski definition) is 2. The molecule has 1 N–H and O–H groups in total. The Balaban J connectivity index is 2.16. The van der Waals surface area contributed by atoms with E-state index in [1.165, 1.54) is 0 Å². The molecule has 0 saturated heterocycles. The number of rotatable bonds is 5. The van der Waals surface area contributed by atoms with E-state index in [2.05, 4.69) is 0 Å². The van der Waals surface area contributed by atoms with Gasteiger partial charge in [-0.05, 0) is 17.7 Å². The lowest BCUT2D eigenvalue weighted by atomic mass is 9.91. The molecule has 3 heteroatoms. The second-order valence-electron chi connectivity index (χ2n) is 3.99. The average molecular weight is 230 g/mol. The van der Waals surface area contributed by atoms with Crippen LogP contribution in [0.25, 0.3) is 0 Å². The zero-order valence-corrected chi connectivity index (χ0v) is 9.37. The van der Waals surface area contributed by atoms with E-state index >= 15 is 0 Å². The number of benzene rings is 1. The van der Waals surface area contributed by atoms with Crippen molar-refractivity contribution in [1.29, 1.82) is 0 Å². The number of hydrogen-bond donors (Lipinski definition) is 1. The van der Waals surface area contributed by atoms with E-state index in [-0.39, 0.29) is 12.3 Å². The van der Waals surface area contributed by atoms with E-state index in [1.807, 2.05) is 42.5 Å². The second kappa shape index (κ2) is 5.34. The molecule has 0 aliphatic rings. The van der Waals surface area contributed by atoms with Gasteiger partial charge < -0.3 is 9.52 Å². The molecule has 1 aromatic heterocycles. The molecular weight excluding hydrogens is 216 g/mol. The van der Waals surface area contributed by atoms with Crippen LogP contribution < -0.4 is 0 Å². The summed E-state index contributed by atoms with van der Waals surface area (Å²) in [7, 11) is 0. The van der Waals surface area contributed by atoms with Crippen LogP contribution in [0.3, 0.4) is 0 Å². The summed E-state index contributed by atoms with van der Waals surface area (Å²) in [4.78, 5) is 10.9. The van der Waals surface area contributed by atoms with Crippen LogP contribution in [0.2, 0.25) is 0 Å². The van der Waals surface area contributed by atoms with Crippen LogP contribution >= 0.6 is 0 Å². The smallest absolute Gasteiger partial charge is 0.303 e. The van der Waals surface area contributed by atoms with Gasteiger partial charge in [-0.2, -0.15) is 0 Å². The lowest BCUT2D eigenvalue weighted by molar-refractivity contribution is -0.137. The van der Waals surface area contributed by atoms with Gasteiger partial charge in [0.2, 0.25) is 0 Å². The molecule has 0 aliphatic carbocycles. The Morgan fingerprint density at radius 1 is 1.18 bits per heavy atom. The highest BCUT2D eigenvalue weighted by molar-refractivity contribution is 5.68. The van der Waals surface area contributed by atoms with Crippen LogP contribution in [-0.2, 0) is 11.2 Å². The van der Waals surface area contributed by atoms with Crippen LogP contribution in [-0.4, -0.2) is 11.1 Å². The van der Waals surface area contributed by atoms with Crippen molar-refractivity contribution in [2.75, 3.05) is 0 Å². The van der Waals surface area contributed by atoms with Crippen molar-refractivity contribution in [2.45, 2.75) is 18.8 Å². The molecule has 0 radical (unpaired) electrons. The topological polar surface area (TPSA) is 50.4 Å². The highest BCUT2D eigenvalue weighted by atomic mass is 16.4. The molecule has 0 spiro atoms.